The van der Waals surface area contributed by atoms with Gasteiger partial charge in [0.2, 0.25) is 5.78 Å². The van der Waals surface area contributed by atoms with E-state index >= 15 is 0 Å². The molecule has 0 bridgehead atoms. The zero-order valence-corrected chi connectivity index (χ0v) is 24.0. The van der Waals surface area contributed by atoms with Crippen LogP contribution in [0.3, 0.4) is 0 Å². The van der Waals surface area contributed by atoms with Crippen LogP contribution in [0.4, 0.5) is 4.79 Å². The quantitative estimate of drug-likeness (QED) is 0.255. The molecule has 0 aromatic heterocycles. The summed E-state index contributed by atoms with van der Waals surface area (Å²) in [4.78, 5) is 65.2. The minimum atomic E-state index is -1.60. The first kappa shape index (κ1) is 29.5. The van der Waals surface area contributed by atoms with Gasteiger partial charge < -0.3 is 14.2 Å². The molecular weight excluding hydrogens is 500 g/mol. The number of rotatable bonds is 10. The summed E-state index contributed by atoms with van der Waals surface area (Å²) in [6.07, 6.45) is 7.63. The van der Waals surface area contributed by atoms with E-state index in [1.54, 1.807) is 6.08 Å². The highest BCUT2D eigenvalue weighted by Crippen LogP contribution is 2.67. The number of Topliss-reactive ketones (excluding diaryl/α,β-unsaturated/α-hetero) is 2. The van der Waals surface area contributed by atoms with Gasteiger partial charge in [0.05, 0.1) is 6.61 Å². The highest BCUT2D eigenvalue weighted by molar-refractivity contribution is 5.96. The fourth-order valence-corrected chi connectivity index (χ4v) is 8.18. The minimum Gasteiger partial charge on any atom is -0.457 e. The summed E-state index contributed by atoms with van der Waals surface area (Å²) in [6, 6.07) is 0. The molecule has 0 aliphatic heterocycles. The van der Waals surface area contributed by atoms with E-state index in [0.717, 1.165) is 31.3 Å². The third kappa shape index (κ3) is 5.20. The van der Waals surface area contributed by atoms with Crippen LogP contribution in [0.15, 0.2) is 11.6 Å². The number of ketones is 3. The summed E-state index contributed by atoms with van der Waals surface area (Å²) >= 11 is 0. The van der Waals surface area contributed by atoms with Crippen molar-refractivity contribution < 1.29 is 38.2 Å². The fraction of sp³-hybridized carbons (Fsp3) is 0.774. The van der Waals surface area contributed by atoms with Crippen molar-refractivity contribution in [1.82, 2.24) is 0 Å². The number of carbonyl (C=O) groups is 5. The molecule has 0 N–H and O–H groups in total. The molecule has 216 valence electrons. The number of unbranched alkanes of at least 4 members (excludes halogenated alkanes) is 2. The van der Waals surface area contributed by atoms with Gasteiger partial charge in [0.1, 0.15) is 5.78 Å². The van der Waals surface area contributed by atoms with Crippen LogP contribution >= 0.6 is 0 Å². The van der Waals surface area contributed by atoms with Crippen LogP contribution in [-0.2, 0) is 33.4 Å². The number of carbonyl (C=O) groups excluding carboxylic acids is 5. The topological polar surface area (TPSA) is 113 Å². The maximum absolute atomic E-state index is 14.0. The van der Waals surface area contributed by atoms with Gasteiger partial charge >= 0.3 is 12.1 Å². The van der Waals surface area contributed by atoms with Gasteiger partial charge in [-0.25, -0.2) is 4.79 Å². The van der Waals surface area contributed by atoms with Gasteiger partial charge in [-0.2, -0.15) is 0 Å². The Bertz CT molecular complexity index is 1050. The first-order valence-electron chi connectivity index (χ1n) is 14.8. The maximum atomic E-state index is 14.0. The molecule has 0 heterocycles. The van der Waals surface area contributed by atoms with Gasteiger partial charge in [0, 0.05) is 30.6 Å². The van der Waals surface area contributed by atoms with E-state index in [9.17, 15) is 24.0 Å². The molecule has 0 amide bonds. The molecule has 4 aliphatic rings. The molecule has 0 aromatic carbocycles. The number of fused-ring (bicyclic) bond motifs is 5. The first-order valence-corrected chi connectivity index (χ1v) is 14.8. The molecule has 6 atom stereocenters. The molecule has 0 radical (unpaired) electrons. The number of esters is 1. The third-order valence-electron chi connectivity index (χ3n) is 10.3. The van der Waals surface area contributed by atoms with Gasteiger partial charge in [0.15, 0.2) is 18.0 Å². The molecule has 0 spiro atoms. The van der Waals surface area contributed by atoms with E-state index in [1.807, 2.05) is 20.8 Å². The van der Waals surface area contributed by atoms with Crippen LogP contribution in [0.5, 0.6) is 0 Å². The zero-order chi connectivity index (χ0) is 28.4. The Labute approximate surface area is 231 Å². The van der Waals surface area contributed by atoms with E-state index in [1.165, 1.54) is 0 Å². The van der Waals surface area contributed by atoms with Gasteiger partial charge in [-0.3, -0.25) is 19.2 Å². The Hall–Kier alpha value is -2.51. The SMILES string of the molecule is CCCCOC(=O)O[C@]1(C(=O)COC(=O)CCCC)CC[C@H]2[C@@H]3CCC4=CC(=O)CC[C@]4(C)[C@H]3C(=O)C[C@@]21C. The van der Waals surface area contributed by atoms with Crippen LogP contribution in [-0.4, -0.2) is 48.3 Å². The molecule has 0 unspecified atom stereocenters. The van der Waals surface area contributed by atoms with Gasteiger partial charge in [0.25, 0.3) is 0 Å². The standard InChI is InChI=1S/C31H44O8/c1-5-7-9-26(35)38-19-25(34)31(39-28(36)37-16-8-6-2)15-13-23-22-11-10-20-17-21(32)12-14-29(20,3)27(22)24(33)18-30(23,31)4/h17,22-23,27H,5-16,18-19H2,1-4H3/t22-,23-,27+,29-,30-,31-/m0/s1. The van der Waals surface area contributed by atoms with Crippen LogP contribution in [0.1, 0.15) is 105 Å². The smallest absolute Gasteiger partial charge is 0.457 e. The van der Waals surface area contributed by atoms with Crippen LogP contribution in [0.2, 0.25) is 0 Å². The predicted octanol–water partition coefficient (Wildman–Crippen LogP) is 5.69. The Morgan fingerprint density at radius 2 is 1.72 bits per heavy atom. The summed E-state index contributed by atoms with van der Waals surface area (Å²) in [5, 5.41) is 0. The Kier molecular flexibility index (Phi) is 8.72. The van der Waals surface area contributed by atoms with E-state index in [-0.39, 0.29) is 60.6 Å². The zero-order valence-electron chi connectivity index (χ0n) is 24.0. The average Bonchev–Trinajstić information content (AvgIpc) is 3.18. The van der Waals surface area contributed by atoms with Crippen molar-refractivity contribution in [2.75, 3.05) is 13.2 Å². The highest BCUT2D eigenvalue weighted by Gasteiger charge is 2.71. The van der Waals surface area contributed by atoms with Gasteiger partial charge in [-0.1, -0.05) is 46.1 Å². The normalized spacial score (nSPS) is 35.3. The fourth-order valence-electron chi connectivity index (χ4n) is 8.18. The molecular formula is C31H44O8. The number of hydrogen-bond acceptors (Lipinski definition) is 8. The number of hydrogen-bond donors (Lipinski definition) is 0. The molecule has 4 rings (SSSR count). The lowest BCUT2D eigenvalue weighted by Crippen LogP contribution is -2.62. The number of allylic oxidation sites excluding steroid dienone is 1. The summed E-state index contributed by atoms with van der Waals surface area (Å²) < 4.78 is 16.6. The van der Waals surface area contributed by atoms with E-state index in [0.29, 0.717) is 32.1 Å². The molecule has 8 nitrogen and oxygen atoms in total. The molecule has 3 saturated carbocycles. The second-order valence-electron chi connectivity index (χ2n) is 12.5. The summed E-state index contributed by atoms with van der Waals surface area (Å²) in [6.45, 7) is 7.64. The van der Waals surface area contributed by atoms with Crippen molar-refractivity contribution in [3.8, 4) is 0 Å². The minimum absolute atomic E-state index is 0.0214. The van der Waals surface area contributed by atoms with Crippen molar-refractivity contribution in [1.29, 1.82) is 0 Å². The second-order valence-corrected chi connectivity index (χ2v) is 12.5. The summed E-state index contributed by atoms with van der Waals surface area (Å²) in [7, 11) is 0. The molecule has 39 heavy (non-hydrogen) atoms. The van der Waals surface area contributed by atoms with E-state index in [2.05, 4.69) is 6.92 Å². The van der Waals surface area contributed by atoms with Crippen LogP contribution in [0, 0.1) is 28.6 Å². The van der Waals surface area contributed by atoms with Crippen molar-refractivity contribution in [2.24, 2.45) is 28.6 Å². The van der Waals surface area contributed by atoms with Crippen molar-refractivity contribution in [2.45, 2.75) is 110 Å². The number of ether oxygens (including phenoxy) is 3. The summed E-state index contributed by atoms with van der Waals surface area (Å²) in [5.74, 6) is -0.991. The first-order chi connectivity index (χ1) is 18.5. The van der Waals surface area contributed by atoms with E-state index < -0.39 is 35.5 Å². The lowest BCUT2D eigenvalue weighted by Gasteiger charge is -2.57. The third-order valence-corrected chi connectivity index (χ3v) is 10.3. The Balaban J connectivity index is 1.64. The Morgan fingerprint density at radius 1 is 0.974 bits per heavy atom. The van der Waals surface area contributed by atoms with Crippen molar-refractivity contribution >= 4 is 29.5 Å². The Morgan fingerprint density at radius 3 is 2.44 bits per heavy atom. The molecule has 3 fully saturated rings. The highest BCUT2D eigenvalue weighted by atomic mass is 16.7. The van der Waals surface area contributed by atoms with Gasteiger partial charge in [-0.05, 0) is 68.3 Å². The summed E-state index contributed by atoms with van der Waals surface area (Å²) in [5.41, 5.74) is -1.83. The lowest BCUT2D eigenvalue weighted by atomic mass is 9.46. The monoisotopic (exact) mass is 544 g/mol. The van der Waals surface area contributed by atoms with Crippen molar-refractivity contribution in [3.05, 3.63) is 11.6 Å². The molecule has 8 heteroatoms. The largest absolute Gasteiger partial charge is 0.509 e. The maximum Gasteiger partial charge on any atom is 0.509 e. The average molecular weight is 545 g/mol. The molecule has 4 aliphatic carbocycles. The van der Waals surface area contributed by atoms with Crippen molar-refractivity contribution in [3.63, 3.8) is 0 Å². The van der Waals surface area contributed by atoms with Crippen LogP contribution in [0.25, 0.3) is 0 Å². The molecule has 0 saturated heterocycles. The van der Waals surface area contributed by atoms with Crippen LogP contribution < -0.4 is 0 Å². The van der Waals surface area contributed by atoms with E-state index in [4.69, 9.17) is 14.2 Å². The lowest BCUT2D eigenvalue weighted by molar-refractivity contribution is -0.177. The van der Waals surface area contributed by atoms with Gasteiger partial charge in [-0.15, -0.1) is 0 Å². The molecule has 0 aromatic rings. The predicted molar refractivity (Wildman–Crippen MR) is 143 cm³/mol. The second kappa shape index (κ2) is 11.5.